The van der Waals surface area contributed by atoms with Gasteiger partial charge >= 0.3 is 0 Å². The third kappa shape index (κ3) is 3.56. The van der Waals surface area contributed by atoms with Gasteiger partial charge in [0.1, 0.15) is 5.82 Å². The van der Waals surface area contributed by atoms with Crippen molar-refractivity contribution in [2.45, 2.75) is 55.8 Å². The monoisotopic (exact) mass is 375 g/mol. The Morgan fingerprint density at radius 3 is 2.46 bits per heavy atom. The molecule has 8 heteroatoms. The van der Waals surface area contributed by atoms with Gasteiger partial charge in [0.2, 0.25) is 11.1 Å². The predicted octanol–water partition coefficient (Wildman–Crippen LogP) is 2.82. The number of nitrogens with zero attached hydrogens (tertiary/aromatic N) is 4. The highest BCUT2D eigenvalue weighted by Gasteiger charge is 2.38. The summed E-state index contributed by atoms with van der Waals surface area (Å²) in [5, 5.41) is 8.66. The molecule has 2 aliphatic carbocycles. The maximum absolute atomic E-state index is 13.1. The van der Waals surface area contributed by atoms with Crippen molar-refractivity contribution >= 4 is 17.7 Å². The van der Waals surface area contributed by atoms with Crippen molar-refractivity contribution in [3.05, 3.63) is 30.1 Å². The maximum Gasteiger partial charge on any atom is 0.233 e. The molecule has 2 aliphatic rings. The number of aromatic nitrogens is 3. The molecular weight excluding hydrogens is 353 g/mol. The van der Waals surface area contributed by atoms with Crippen molar-refractivity contribution < 1.29 is 9.18 Å². The van der Waals surface area contributed by atoms with Gasteiger partial charge in [0.15, 0.2) is 5.82 Å². The van der Waals surface area contributed by atoms with Crippen LogP contribution in [0, 0.1) is 5.82 Å². The Labute approximate surface area is 155 Å². The Hall–Kier alpha value is -2.09. The van der Waals surface area contributed by atoms with Gasteiger partial charge in [0, 0.05) is 17.6 Å². The molecule has 1 aromatic carbocycles. The summed E-state index contributed by atoms with van der Waals surface area (Å²) in [5.41, 5.74) is 0.685. The lowest BCUT2D eigenvalue weighted by atomic mass is 10.2. The zero-order chi connectivity index (χ0) is 18.1. The van der Waals surface area contributed by atoms with Gasteiger partial charge in [-0.05, 0) is 49.9 Å². The molecule has 2 N–H and O–H groups in total. The van der Waals surface area contributed by atoms with E-state index < -0.39 is 0 Å². The van der Waals surface area contributed by atoms with Gasteiger partial charge < -0.3 is 10.7 Å². The standard InChI is InChI=1S/C18H22FN5OS/c19-13-7-5-12(6-8-13)17-21-22-18(24(17)20)26-11-16(25)23(15-9-10-15)14-3-1-2-4-14/h5-8,14-15H,1-4,9-11,20H2. The molecule has 1 amide bonds. The van der Waals surface area contributed by atoms with Crippen LogP contribution in [0.25, 0.3) is 11.4 Å². The Kier molecular flexibility index (Phi) is 4.84. The van der Waals surface area contributed by atoms with Crippen LogP contribution in [0.15, 0.2) is 29.4 Å². The summed E-state index contributed by atoms with van der Waals surface area (Å²) in [5.74, 6) is 6.69. The average Bonchev–Trinajstić information content (AvgIpc) is 3.18. The molecule has 1 aromatic heterocycles. The summed E-state index contributed by atoms with van der Waals surface area (Å²) in [6.07, 6.45) is 6.91. The fourth-order valence-corrected chi connectivity index (χ4v) is 4.34. The fourth-order valence-electron chi connectivity index (χ4n) is 3.61. The van der Waals surface area contributed by atoms with Crippen molar-refractivity contribution in [3.8, 4) is 11.4 Å². The van der Waals surface area contributed by atoms with Crippen LogP contribution in [-0.2, 0) is 4.79 Å². The van der Waals surface area contributed by atoms with Crippen molar-refractivity contribution in [3.63, 3.8) is 0 Å². The topological polar surface area (TPSA) is 77.0 Å². The van der Waals surface area contributed by atoms with Crippen LogP contribution in [0.1, 0.15) is 38.5 Å². The van der Waals surface area contributed by atoms with Crippen LogP contribution in [0.3, 0.4) is 0 Å². The largest absolute Gasteiger partial charge is 0.336 e. The van der Waals surface area contributed by atoms with E-state index in [9.17, 15) is 9.18 Å². The second kappa shape index (κ2) is 7.26. The second-order valence-corrected chi connectivity index (χ2v) is 7.88. The number of carbonyl (C=O) groups excluding carboxylic acids is 1. The predicted molar refractivity (Wildman–Crippen MR) is 98.4 cm³/mol. The molecule has 0 spiro atoms. The van der Waals surface area contributed by atoms with Gasteiger partial charge in [-0.25, -0.2) is 9.07 Å². The summed E-state index contributed by atoms with van der Waals surface area (Å²) in [6, 6.07) is 6.76. The molecule has 2 fully saturated rings. The van der Waals surface area contributed by atoms with E-state index in [2.05, 4.69) is 15.1 Å². The van der Waals surface area contributed by atoms with Crippen molar-refractivity contribution in [2.75, 3.05) is 11.6 Å². The SMILES string of the molecule is Nn1c(SCC(=O)N(C2CCCC2)C2CC2)nnc1-c1ccc(F)cc1. The molecule has 0 saturated heterocycles. The van der Waals surface area contributed by atoms with Crippen LogP contribution in [0.4, 0.5) is 4.39 Å². The normalized spacial score (nSPS) is 17.6. The first-order valence-corrected chi connectivity index (χ1v) is 10.0. The van der Waals surface area contributed by atoms with Crippen molar-refractivity contribution in [2.24, 2.45) is 0 Å². The third-order valence-electron chi connectivity index (χ3n) is 5.04. The number of nitrogen functional groups attached to an aromatic ring is 1. The number of nitrogens with two attached hydrogens (primary N) is 1. The Morgan fingerprint density at radius 2 is 1.81 bits per heavy atom. The minimum Gasteiger partial charge on any atom is -0.336 e. The molecule has 2 aromatic rings. The molecule has 138 valence electrons. The van der Waals surface area contributed by atoms with Gasteiger partial charge in [-0.2, -0.15) is 0 Å². The number of hydrogen-bond donors (Lipinski definition) is 1. The molecule has 1 heterocycles. The molecule has 0 atom stereocenters. The number of amides is 1. The van der Waals surface area contributed by atoms with Gasteiger partial charge in [0.05, 0.1) is 5.75 Å². The van der Waals surface area contributed by atoms with E-state index in [1.807, 2.05) is 0 Å². The highest BCUT2D eigenvalue weighted by molar-refractivity contribution is 7.99. The summed E-state index contributed by atoms with van der Waals surface area (Å²) < 4.78 is 14.4. The number of rotatable bonds is 6. The van der Waals surface area contributed by atoms with Crippen LogP contribution in [0.2, 0.25) is 0 Å². The number of hydrogen-bond acceptors (Lipinski definition) is 5. The Balaban J connectivity index is 1.43. The average molecular weight is 375 g/mol. The second-order valence-electron chi connectivity index (χ2n) is 6.94. The molecule has 0 unspecified atom stereocenters. The smallest absolute Gasteiger partial charge is 0.233 e. The van der Waals surface area contributed by atoms with E-state index >= 15 is 0 Å². The first-order chi connectivity index (χ1) is 12.6. The molecule has 0 aliphatic heterocycles. The maximum atomic E-state index is 13.1. The number of halogens is 1. The van der Waals surface area contributed by atoms with Crippen LogP contribution >= 0.6 is 11.8 Å². The summed E-state index contributed by atoms with van der Waals surface area (Å²) in [4.78, 5) is 14.9. The number of thioether (sulfide) groups is 1. The highest BCUT2D eigenvalue weighted by atomic mass is 32.2. The Bertz CT molecular complexity index is 783. The zero-order valence-electron chi connectivity index (χ0n) is 14.5. The minimum atomic E-state index is -0.316. The molecule has 4 rings (SSSR count). The van der Waals surface area contributed by atoms with E-state index in [-0.39, 0.29) is 11.7 Å². The lowest BCUT2D eigenvalue weighted by Crippen LogP contribution is -2.41. The highest BCUT2D eigenvalue weighted by Crippen LogP contribution is 2.35. The summed E-state index contributed by atoms with van der Waals surface area (Å²) >= 11 is 1.31. The van der Waals surface area contributed by atoms with E-state index in [1.54, 1.807) is 12.1 Å². The minimum absolute atomic E-state index is 0.163. The summed E-state index contributed by atoms with van der Waals surface area (Å²) in [6.45, 7) is 0. The van der Waals surface area contributed by atoms with Gasteiger partial charge in [-0.15, -0.1) is 10.2 Å². The lowest BCUT2D eigenvalue weighted by molar-refractivity contribution is -0.131. The van der Waals surface area contributed by atoms with Crippen LogP contribution < -0.4 is 5.84 Å². The molecular formula is C18H22FN5OS. The molecule has 0 radical (unpaired) electrons. The molecule has 2 saturated carbocycles. The van der Waals surface area contributed by atoms with Crippen molar-refractivity contribution in [1.82, 2.24) is 19.8 Å². The van der Waals surface area contributed by atoms with Gasteiger partial charge in [0.25, 0.3) is 0 Å². The molecule has 0 bridgehead atoms. The lowest BCUT2D eigenvalue weighted by Gasteiger charge is -2.29. The van der Waals surface area contributed by atoms with E-state index in [4.69, 9.17) is 5.84 Å². The van der Waals surface area contributed by atoms with Crippen LogP contribution in [0.5, 0.6) is 0 Å². The molecule has 26 heavy (non-hydrogen) atoms. The van der Waals surface area contributed by atoms with Gasteiger partial charge in [-0.3, -0.25) is 4.79 Å². The first kappa shape index (κ1) is 17.3. The number of benzene rings is 1. The Morgan fingerprint density at radius 1 is 1.15 bits per heavy atom. The van der Waals surface area contributed by atoms with E-state index in [0.717, 1.165) is 25.7 Å². The third-order valence-corrected chi connectivity index (χ3v) is 5.97. The quantitative estimate of drug-likeness (QED) is 0.621. The first-order valence-electron chi connectivity index (χ1n) is 9.04. The zero-order valence-corrected chi connectivity index (χ0v) is 15.3. The summed E-state index contributed by atoms with van der Waals surface area (Å²) in [7, 11) is 0. The van der Waals surface area contributed by atoms with E-state index in [1.165, 1.54) is 41.4 Å². The van der Waals surface area contributed by atoms with Gasteiger partial charge in [-0.1, -0.05) is 24.6 Å². The van der Waals surface area contributed by atoms with Crippen molar-refractivity contribution in [1.29, 1.82) is 0 Å². The fraction of sp³-hybridized carbons (Fsp3) is 0.500. The van der Waals surface area contributed by atoms with E-state index in [0.29, 0.717) is 34.4 Å². The number of carbonyl (C=O) groups is 1. The van der Waals surface area contributed by atoms with Crippen LogP contribution in [-0.4, -0.2) is 43.5 Å². The molecule has 6 nitrogen and oxygen atoms in total.